The van der Waals surface area contributed by atoms with E-state index in [2.05, 4.69) is 5.32 Å². The van der Waals surface area contributed by atoms with Crippen molar-refractivity contribution in [2.45, 2.75) is 39.3 Å². The van der Waals surface area contributed by atoms with Crippen LogP contribution in [0.5, 0.6) is 0 Å². The fraction of sp³-hybridized carbons (Fsp3) is 0.562. The Morgan fingerprint density at radius 3 is 2.64 bits per heavy atom. The second-order valence-electron chi connectivity index (χ2n) is 6.12. The van der Waals surface area contributed by atoms with Crippen LogP contribution < -0.4 is 5.32 Å². The van der Waals surface area contributed by atoms with Crippen LogP contribution in [0, 0.1) is 13.8 Å². The van der Waals surface area contributed by atoms with Gasteiger partial charge in [0.25, 0.3) is 0 Å². The molecule has 0 spiro atoms. The molecule has 0 radical (unpaired) electrons. The molecule has 0 saturated carbocycles. The molecule has 22 heavy (non-hydrogen) atoms. The summed E-state index contributed by atoms with van der Waals surface area (Å²) in [6.45, 7) is 5.86. The number of sulfone groups is 1. The van der Waals surface area contributed by atoms with Crippen LogP contribution in [0.25, 0.3) is 0 Å². The summed E-state index contributed by atoms with van der Waals surface area (Å²) in [6, 6.07) is 5.33. The van der Waals surface area contributed by atoms with E-state index in [4.69, 9.17) is 0 Å². The highest BCUT2D eigenvalue weighted by molar-refractivity contribution is 7.91. The Hall–Kier alpha value is -1.56. The second-order valence-corrected chi connectivity index (χ2v) is 8.35. The number of aryl methyl sites for hydroxylation is 1. The highest BCUT2D eigenvalue weighted by Gasteiger charge is 2.34. The Balaban J connectivity index is 2.04. The van der Waals surface area contributed by atoms with Crippen molar-refractivity contribution in [3.05, 3.63) is 29.3 Å². The number of hydrogen-bond donors (Lipinski definition) is 1. The molecule has 1 aromatic rings. The lowest BCUT2D eigenvalue weighted by molar-refractivity contribution is -0.132. The van der Waals surface area contributed by atoms with Gasteiger partial charge in [-0.15, -0.1) is 0 Å². The van der Waals surface area contributed by atoms with Gasteiger partial charge in [-0.2, -0.15) is 0 Å². The number of carbonyl (C=O) groups is 1. The molecule has 1 aliphatic heterocycles. The van der Waals surface area contributed by atoms with E-state index in [1.54, 1.807) is 11.9 Å². The molecule has 1 aliphatic rings. The van der Waals surface area contributed by atoms with Crippen LogP contribution in [0.2, 0.25) is 0 Å². The third kappa shape index (κ3) is 3.61. The summed E-state index contributed by atoms with van der Waals surface area (Å²) >= 11 is 0. The number of amides is 1. The molecular formula is C16H24N2O3S. The van der Waals surface area contributed by atoms with E-state index in [-0.39, 0.29) is 23.5 Å². The summed E-state index contributed by atoms with van der Waals surface area (Å²) in [6.07, 6.45) is 0.529. The monoisotopic (exact) mass is 324 g/mol. The van der Waals surface area contributed by atoms with E-state index in [1.165, 1.54) is 5.56 Å². The first kappa shape index (κ1) is 16.8. The van der Waals surface area contributed by atoms with Crippen molar-refractivity contribution < 1.29 is 13.2 Å². The normalized spacial score (nSPS) is 21.4. The lowest BCUT2D eigenvalue weighted by Crippen LogP contribution is -2.45. The van der Waals surface area contributed by atoms with Crippen molar-refractivity contribution in [1.29, 1.82) is 0 Å². The van der Waals surface area contributed by atoms with Crippen molar-refractivity contribution in [2.75, 3.05) is 23.9 Å². The fourth-order valence-corrected chi connectivity index (χ4v) is 4.54. The summed E-state index contributed by atoms with van der Waals surface area (Å²) in [4.78, 5) is 14.1. The molecular weight excluding hydrogens is 300 g/mol. The SMILES string of the molecule is Cc1cccc(NC(C)C(=O)N(C)C2CCS(=O)(=O)C2)c1C. The maximum atomic E-state index is 12.5. The second kappa shape index (κ2) is 6.28. The van der Waals surface area contributed by atoms with Crippen LogP contribution in [-0.4, -0.2) is 49.9 Å². The minimum absolute atomic E-state index is 0.0748. The number of carbonyl (C=O) groups excluding carboxylic acids is 1. The molecule has 1 saturated heterocycles. The zero-order valence-corrected chi connectivity index (χ0v) is 14.4. The van der Waals surface area contributed by atoms with Crippen molar-refractivity contribution in [2.24, 2.45) is 0 Å². The number of hydrogen-bond acceptors (Lipinski definition) is 4. The van der Waals surface area contributed by atoms with E-state index in [1.807, 2.05) is 39.0 Å². The molecule has 1 amide bonds. The quantitative estimate of drug-likeness (QED) is 0.916. The summed E-state index contributed by atoms with van der Waals surface area (Å²) in [5.41, 5.74) is 3.22. The lowest BCUT2D eigenvalue weighted by Gasteiger charge is -2.27. The minimum Gasteiger partial charge on any atom is -0.374 e. The molecule has 122 valence electrons. The molecule has 1 fully saturated rings. The van der Waals surface area contributed by atoms with Gasteiger partial charge < -0.3 is 10.2 Å². The Morgan fingerprint density at radius 1 is 1.36 bits per heavy atom. The maximum absolute atomic E-state index is 12.5. The van der Waals surface area contributed by atoms with E-state index >= 15 is 0 Å². The molecule has 2 atom stereocenters. The summed E-state index contributed by atoms with van der Waals surface area (Å²) in [5.74, 6) is 0.169. The number of anilines is 1. The Bertz CT molecular complexity index is 670. The minimum atomic E-state index is -2.99. The van der Waals surface area contributed by atoms with E-state index in [0.29, 0.717) is 6.42 Å². The molecule has 5 nitrogen and oxygen atoms in total. The molecule has 1 heterocycles. The van der Waals surface area contributed by atoms with Crippen molar-refractivity contribution >= 4 is 21.4 Å². The van der Waals surface area contributed by atoms with Gasteiger partial charge >= 0.3 is 0 Å². The summed E-state index contributed by atoms with van der Waals surface area (Å²) in [5, 5.41) is 3.24. The smallest absolute Gasteiger partial charge is 0.244 e. The predicted molar refractivity (Wildman–Crippen MR) is 88.8 cm³/mol. The number of rotatable bonds is 4. The van der Waals surface area contributed by atoms with Crippen molar-refractivity contribution in [3.8, 4) is 0 Å². The van der Waals surface area contributed by atoms with Gasteiger partial charge in [-0.1, -0.05) is 12.1 Å². The number of benzene rings is 1. The van der Waals surface area contributed by atoms with Gasteiger partial charge in [-0.3, -0.25) is 4.79 Å². The standard InChI is InChI=1S/C16H24N2O3S/c1-11-6-5-7-15(12(11)2)17-13(3)16(19)18(4)14-8-9-22(20,21)10-14/h5-7,13-14,17H,8-10H2,1-4H3. The Morgan fingerprint density at radius 2 is 2.05 bits per heavy atom. The van der Waals surface area contributed by atoms with Crippen molar-refractivity contribution in [1.82, 2.24) is 4.90 Å². The third-order valence-corrected chi connectivity index (χ3v) is 6.20. The molecule has 1 N–H and O–H groups in total. The lowest BCUT2D eigenvalue weighted by atomic mass is 10.1. The van der Waals surface area contributed by atoms with Gasteiger partial charge in [0.05, 0.1) is 11.5 Å². The van der Waals surface area contributed by atoms with Gasteiger partial charge in [0.15, 0.2) is 9.84 Å². The molecule has 0 aliphatic carbocycles. The van der Waals surface area contributed by atoms with Crippen LogP contribution in [0.15, 0.2) is 18.2 Å². The number of nitrogens with zero attached hydrogens (tertiary/aromatic N) is 1. The third-order valence-electron chi connectivity index (χ3n) is 4.45. The highest BCUT2D eigenvalue weighted by Crippen LogP contribution is 2.21. The number of likely N-dealkylation sites (N-methyl/N-ethyl adjacent to an activating group) is 1. The molecule has 0 bridgehead atoms. The van der Waals surface area contributed by atoms with Crippen LogP contribution in [0.4, 0.5) is 5.69 Å². The summed E-state index contributed by atoms with van der Waals surface area (Å²) in [7, 11) is -1.30. The molecule has 0 aromatic heterocycles. The van der Waals surface area contributed by atoms with Crippen LogP contribution in [0.1, 0.15) is 24.5 Å². The van der Waals surface area contributed by atoms with Gasteiger partial charge in [0, 0.05) is 18.8 Å². The fourth-order valence-electron chi connectivity index (χ4n) is 2.77. The first-order valence-corrected chi connectivity index (χ1v) is 9.33. The van der Waals surface area contributed by atoms with Gasteiger partial charge in [0.2, 0.25) is 5.91 Å². The van der Waals surface area contributed by atoms with Crippen molar-refractivity contribution in [3.63, 3.8) is 0 Å². The Kier molecular flexibility index (Phi) is 4.80. The molecule has 2 unspecified atom stereocenters. The van der Waals surface area contributed by atoms with Gasteiger partial charge in [0.1, 0.15) is 6.04 Å². The van der Waals surface area contributed by atoms with E-state index < -0.39 is 15.9 Å². The topological polar surface area (TPSA) is 66.5 Å². The van der Waals surface area contributed by atoms with E-state index in [0.717, 1.165) is 11.3 Å². The molecule has 1 aromatic carbocycles. The Labute approximate surface area is 132 Å². The molecule has 6 heteroatoms. The first-order chi connectivity index (χ1) is 10.2. The summed E-state index contributed by atoms with van der Waals surface area (Å²) < 4.78 is 23.1. The highest BCUT2D eigenvalue weighted by atomic mass is 32.2. The number of nitrogens with one attached hydrogen (secondary N) is 1. The average molecular weight is 324 g/mol. The van der Waals surface area contributed by atoms with Gasteiger partial charge in [-0.25, -0.2) is 8.42 Å². The van der Waals surface area contributed by atoms with Crippen LogP contribution >= 0.6 is 0 Å². The average Bonchev–Trinajstić information content (AvgIpc) is 2.82. The first-order valence-electron chi connectivity index (χ1n) is 7.51. The van der Waals surface area contributed by atoms with Crippen LogP contribution in [0.3, 0.4) is 0 Å². The zero-order valence-electron chi connectivity index (χ0n) is 13.6. The largest absolute Gasteiger partial charge is 0.374 e. The zero-order chi connectivity index (χ0) is 16.5. The van der Waals surface area contributed by atoms with E-state index in [9.17, 15) is 13.2 Å². The maximum Gasteiger partial charge on any atom is 0.244 e. The predicted octanol–water partition coefficient (Wildman–Crippen LogP) is 1.75. The van der Waals surface area contributed by atoms with Crippen LogP contribution in [-0.2, 0) is 14.6 Å². The molecule has 2 rings (SSSR count). The van der Waals surface area contributed by atoms with Gasteiger partial charge in [-0.05, 0) is 44.4 Å².